The van der Waals surface area contributed by atoms with Gasteiger partial charge in [-0.3, -0.25) is 14.3 Å². The Morgan fingerprint density at radius 3 is 2.09 bits per heavy atom. The van der Waals surface area contributed by atoms with Crippen molar-refractivity contribution in [1.82, 2.24) is 5.32 Å². The van der Waals surface area contributed by atoms with Crippen LogP contribution in [0.4, 0.5) is 23.2 Å². The lowest BCUT2D eigenvalue weighted by atomic mass is 10.1. The number of benzene rings is 2. The molecule has 2 rings (SSSR count). The summed E-state index contributed by atoms with van der Waals surface area (Å²) < 4.78 is 78.3. The van der Waals surface area contributed by atoms with Crippen LogP contribution < -0.4 is 10.0 Å². The maximum Gasteiger partial charge on any atom is 0.419 e. The molecule has 2 aromatic carbocycles. The van der Waals surface area contributed by atoms with Crippen LogP contribution in [-0.2, 0) is 25.8 Å². The van der Waals surface area contributed by atoms with Gasteiger partial charge >= 0.3 is 18.1 Å². The van der Waals surface area contributed by atoms with Crippen molar-refractivity contribution >= 4 is 33.6 Å². The molecule has 0 saturated carbocycles. The van der Waals surface area contributed by atoms with Gasteiger partial charge in [-0.1, -0.05) is 0 Å². The molecular formula is C18H14F4N2O7S. The fraction of sp³-hybridized carbons (Fsp3) is 0.167. The van der Waals surface area contributed by atoms with Crippen LogP contribution in [0, 0.1) is 5.82 Å². The van der Waals surface area contributed by atoms with Gasteiger partial charge in [0.05, 0.1) is 16.9 Å². The number of alkyl halides is 3. The van der Waals surface area contributed by atoms with Crippen LogP contribution in [0.2, 0.25) is 0 Å². The van der Waals surface area contributed by atoms with Gasteiger partial charge in [-0.2, -0.15) is 13.2 Å². The number of carboxylic acids is 2. The van der Waals surface area contributed by atoms with Gasteiger partial charge in [-0.15, -0.1) is 0 Å². The van der Waals surface area contributed by atoms with Crippen molar-refractivity contribution in [3.8, 4) is 0 Å². The Morgan fingerprint density at radius 1 is 1.00 bits per heavy atom. The molecule has 0 radical (unpaired) electrons. The molecule has 2 aromatic rings. The van der Waals surface area contributed by atoms with Crippen molar-refractivity contribution in [3.63, 3.8) is 0 Å². The average molecular weight is 478 g/mol. The molecule has 0 saturated heterocycles. The highest BCUT2D eigenvalue weighted by Crippen LogP contribution is 2.33. The summed E-state index contributed by atoms with van der Waals surface area (Å²) in [6.07, 6.45) is -5.94. The Bertz CT molecular complexity index is 1150. The molecule has 0 aromatic heterocycles. The van der Waals surface area contributed by atoms with Crippen LogP contribution in [0.5, 0.6) is 0 Å². The highest BCUT2D eigenvalue weighted by atomic mass is 32.2. The van der Waals surface area contributed by atoms with Gasteiger partial charge in [0.15, 0.2) is 0 Å². The molecule has 14 heteroatoms. The van der Waals surface area contributed by atoms with Crippen molar-refractivity contribution in [2.45, 2.75) is 23.5 Å². The first-order chi connectivity index (χ1) is 14.7. The standard InChI is InChI=1S/C18H14F4N2O7S/c19-13-6-3-10(7-12(13)18(20,21)22)24-32(30,31)11-4-1-9(2-5-11)16(27)23-14(17(28)29)8-15(25)26/h1-7,14,24H,8H2,(H,23,27)(H,25,26)(H,28,29). The van der Waals surface area contributed by atoms with E-state index in [0.29, 0.717) is 6.07 Å². The van der Waals surface area contributed by atoms with Crippen LogP contribution in [0.3, 0.4) is 0 Å². The second kappa shape index (κ2) is 9.21. The Kier molecular flexibility index (Phi) is 7.08. The van der Waals surface area contributed by atoms with E-state index in [1.165, 1.54) is 0 Å². The van der Waals surface area contributed by atoms with Crippen molar-refractivity contribution in [2.75, 3.05) is 4.72 Å². The third kappa shape index (κ3) is 6.16. The molecule has 0 spiro atoms. The lowest BCUT2D eigenvalue weighted by molar-refractivity contribution is -0.145. The van der Waals surface area contributed by atoms with Crippen LogP contribution in [-0.4, -0.2) is 42.5 Å². The van der Waals surface area contributed by atoms with E-state index >= 15 is 0 Å². The van der Waals surface area contributed by atoms with E-state index in [9.17, 15) is 40.4 Å². The first kappa shape index (κ1) is 24.6. The fourth-order valence-electron chi connectivity index (χ4n) is 2.42. The van der Waals surface area contributed by atoms with Gasteiger partial charge in [0.1, 0.15) is 11.9 Å². The molecule has 0 fully saturated rings. The maximum absolute atomic E-state index is 13.3. The monoisotopic (exact) mass is 478 g/mol. The Morgan fingerprint density at radius 2 is 1.59 bits per heavy atom. The van der Waals surface area contributed by atoms with Gasteiger partial charge in [-0.25, -0.2) is 17.6 Å². The number of anilines is 1. The summed E-state index contributed by atoms with van der Waals surface area (Å²) in [6.45, 7) is 0. The molecule has 1 amide bonds. The summed E-state index contributed by atoms with van der Waals surface area (Å²) >= 11 is 0. The summed E-state index contributed by atoms with van der Waals surface area (Å²) in [7, 11) is -4.43. The zero-order valence-electron chi connectivity index (χ0n) is 15.7. The third-order valence-electron chi connectivity index (χ3n) is 3.93. The number of hydrogen-bond acceptors (Lipinski definition) is 5. The second-order valence-electron chi connectivity index (χ2n) is 6.28. The molecule has 1 unspecified atom stereocenters. The first-order valence-corrected chi connectivity index (χ1v) is 9.94. The summed E-state index contributed by atoms with van der Waals surface area (Å²) in [5.74, 6) is -5.65. The fourth-order valence-corrected chi connectivity index (χ4v) is 3.47. The molecule has 0 aliphatic carbocycles. The topological polar surface area (TPSA) is 150 Å². The zero-order chi connectivity index (χ0) is 24.3. The highest BCUT2D eigenvalue weighted by molar-refractivity contribution is 7.92. The number of nitrogens with one attached hydrogen (secondary N) is 2. The predicted molar refractivity (Wildman–Crippen MR) is 99.8 cm³/mol. The van der Waals surface area contributed by atoms with Gasteiger partial charge in [0.25, 0.3) is 15.9 Å². The molecule has 172 valence electrons. The SMILES string of the molecule is O=C(O)CC(NC(=O)c1ccc(S(=O)(=O)Nc2ccc(F)c(C(F)(F)F)c2)cc1)C(=O)O. The molecule has 1 atom stereocenters. The second-order valence-corrected chi connectivity index (χ2v) is 7.97. The zero-order valence-corrected chi connectivity index (χ0v) is 16.5. The molecule has 0 heterocycles. The summed E-state index contributed by atoms with van der Waals surface area (Å²) in [5.41, 5.74) is -2.43. The minimum atomic E-state index is -5.05. The summed E-state index contributed by atoms with van der Waals surface area (Å²) in [5, 5.41) is 19.6. The lowest BCUT2D eigenvalue weighted by Gasteiger charge is -2.13. The summed E-state index contributed by atoms with van der Waals surface area (Å²) in [4.78, 5) is 33.3. The Balaban J connectivity index is 2.20. The number of carboxylic acid groups (broad SMARTS) is 2. The molecule has 9 nitrogen and oxygen atoms in total. The van der Waals surface area contributed by atoms with Gasteiger partial charge in [0, 0.05) is 11.3 Å². The minimum Gasteiger partial charge on any atom is -0.481 e. The van der Waals surface area contributed by atoms with E-state index in [2.05, 4.69) is 0 Å². The van der Waals surface area contributed by atoms with E-state index in [4.69, 9.17) is 10.2 Å². The molecule has 32 heavy (non-hydrogen) atoms. The minimum absolute atomic E-state index is 0.207. The molecule has 0 aliphatic rings. The van der Waals surface area contributed by atoms with E-state index in [0.717, 1.165) is 30.3 Å². The highest BCUT2D eigenvalue weighted by Gasteiger charge is 2.34. The quantitative estimate of drug-likeness (QED) is 0.425. The van der Waals surface area contributed by atoms with Crippen LogP contribution in [0.1, 0.15) is 22.3 Å². The van der Waals surface area contributed by atoms with Crippen LogP contribution >= 0.6 is 0 Å². The third-order valence-corrected chi connectivity index (χ3v) is 5.33. The van der Waals surface area contributed by atoms with Gasteiger partial charge in [0.2, 0.25) is 0 Å². The predicted octanol–water partition coefficient (Wildman–Crippen LogP) is 2.30. The van der Waals surface area contributed by atoms with Crippen molar-refractivity contribution in [3.05, 3.63) is 59.4 Å². The van der Waals surface area contributed by atoms with Crippen LogP contribution in [0.15, 0.2) is 47.4 Å². The Labute approximate surface area is 177 Å². The number of aliphatic carboxylic acids is 2. The van der Waals surface area contributed by atoms with Crippen molar-refractivity contribution < 1.29 is 50.6 Å². The lowest BCUT2D eigenvalue weighted by Crippen LogP contribution is -2.42. The number of amides is 1. The van der Waals surface area contributed by atoms with E-state index in [-0.39, 0.29) is 11.6 Å². The first-order valence-electron chi connectivity index (χ1n) is 8.46. The van der Waals surface area contributed by atoms with Crippen LogP contribution in [0.25, 0.3) is 0 Å². The maximum atomic E-state index is 13.3. The largest absolute Gasteiger partial charge is 0.481 e. The van der Waals surface area contributed by atoms with Crippen molar-refractivity contribution in [2.24, 2.45) is 0 Å². The normalized spacial score (nSPS) is 12.6. The summed E-state index contributed by atoms with van der Waals surface area (Å²) in [6, 6.07) is 3.58. The molecule has 4 N–H and O–H groups in total. The van der Waals surface area contributed by atoms with E-state index < -0.39 is 68.5 Å². The van der Waals surface area contributed by atoms with Gasteiger partial charge in [-0.05, 0) is 42.5 Å². The number of carbonyl (C=O) groups excluding carboxylic acids is 1. The number of hydrogen-bond donors (Lipinski definition) is 4. The molecular weight excluding hydrogens is 464 g/mol. The average Bonchev–Trinajstić information content (AvgIpc) is 2.67. The smallest absolute Gasteiger partial charge is 0.419 e. The molecule has 0 aliphatic heterocycles. The number of carbonyl (C=O) groups is 3. The van der Waals surface area contributed by atoms with E-state index in [1.807, 2.05) is 10.0 Å². The number of rotatable bonds is 8. The number of sulfonamides is 1. The Hall–Kier alpha value is -3.68. The van der Waals surface area contributed by atoms with E-state index in [1.54, 1.807) is 0 Å². The number of halogens is 4. The molecule has 0 bridgehead atoms. The van der Waals surface area contributed by atoms with Gasteiger partial charge < -0.3 is 15.5 Å². The van der Waals surface area contributed by atoms with Crippen molar-refractivity contribution in [1.29, 1.82) is 0 Å².